The summed E-state index contributed by atoms with van der Waals surface area (Å²) in [5, 5.41) is 9.09. The van der Waals surface area contributed by atoms with Gasteiger partial charge in [0.2, 0.25) is 0 Å². The molecule has 0 unspecified atom stereocenters. The summed E-state index contributed by atoms with van der Waals surface area (Å²) < 4.78 is 5.54. The van der Waals surface area contributed by atoms with Gasteiger partial charge in [0.15, 0.2) is 6.61 Å². The number of carbonyl (C=O) groups is 3. The number of hydrogen-bond donors (Lipinski definition) is 3. The first-order chi connectivity index (χ1) is 14.7. The van der Waals surface area contributed by atoms with Crippen molar-refractivity contribution in [2.24, 2.45) is 11.0 Å². The number of ether oxygens (including phenoxy) is 1. The van der Waals surface area contributed by atoms with Gasteiger partial charge in [-0.25, -0.2) is 5.43 Å². The Kier molecular flexibility index (Phi) is 8.75. The van der Waals surface area contributed by atoms with Crippen LogP contribution in [-0.4, -0.2) is 37.1 Å². The maximum Gasteiger partial charge on any atom is 0.329 e. The van der Waals surface area contributed by atoms with Crippen molar-refractivity contribution >= 4 is 29.6 Å². The number of benzene rings is 2. The molecule has 0 saturated heterocycles. The van der Waals surface area contributed by atoms with Crippen LogP contribution in [0.25, 0.3) is 0 Å². The quantitative estimate of drug-likeness (QED) is 0.344. The molecule has 2 rings (SSSR count). The average Bonchev–Trinajstić information content (AvgIpc) is 2.70. The van der Waals surface area contributed by atoms with Crippen molar-refractivity contribution in [1.82, 2.24) is 10.7 Å². The molecule has 0 aliphatic rings. The topological polar surface area (TPSA) is 109 Å². The molecule has 0 heterocycles. The maximum atomic E-state index is 12.2. The Morgan fingerprint density at radius 2 is 1.74 bits per heavy atom. The second-order valence-corrected chi connectivity index (χ2v) is 7.59. The van der Waals surface area contributed by atoms with E-state index >= 15 is 0 Å². The number of rotatable bonds is 8. The van der Waals surface area contributed by atoms with Gasteiger partial charge in [0.25, 0.3) is 5.91 Å². The van der Waals surface area contributed by atoms with Crippen molar-refractivity contribution in [3.8, 4) is 5.75 Å². The molecule has 0 atom stereocenters. The van der Waals surface area contributed by atoms with Crippen LogP contribution in [-0.2, 0) is 14.4 Å². The average molecular weight is 425 g/mol. The Morgan fingerprint density at radius 1 is 1.03 bits per heavy atom. The lowest BCUT2D eigenvalue weighted by Gasteiger charge is -2.09. The summed E-state index contributed by atoms with van der Waals surface area (Å²) in [5.74, 6) is -1.14. The second-order valence-electron chi connectivity index (χ2n) is 7.59. The number of carbonyl (C=O) groups excluding carboxylic acids is 3. The fourth-order valence-corrected chi connectivity index (χ4v) is 2.67. The summed E-state index contributed by atoms with van der Waals surface area (Å²) in [7, 11) is 0. The molecule has 0 aliphatic heterocycles. The summed E-state index contributed by atoms with van der Waals surface area (Å²) in [4.78, 5) is 35.4. The first-order valence-electron chi connectivity index (χ1n) is 9.95. The zero-order valence-corrected chi connectivity index (χ0v) is 18.2. The molecule has 164 valence electrons. The number of aryl methyl sites for hydroxylation is 2. The van der Waals surface area contributed by atoms with Gasteiger partial charge in [0.05, 0.1) is 6.21 Å². The number of hydrazone groups is 1. The maximum absolute atomic E-state index is 12.2. The van der Waals surface area contributed by atoms with Crippen LogP contribution in [0.3, 0.4) is 0 Å². The van der Waals surface area contributed by atoms with E-state index in [1.165, 1.54) is 6.21 Å². The zero-order valence-electron chi connectivity index (χ0n) is 18.2. The van der Waals surface area contributed by atoms with Gasteiger partial charge < -0.3 is 15.4 Å². The number of anilines is 1. The number of hydrogen-bond acceptors (Lipinski definition) is 5. The van der Waals surface area contributed by atoms with Crippen molar-refractivity contribution < 1.29 is 19.1 Å². The predicted octanol–water partition coefficient (Wildman–Crippen LogP) is 2.54. The lowest BCUT2D eigenvalue weighted by molar-refractivity contribution is -0.139. The normalized spacial score (nSPS) is 10.7. The van der Waals surface area contributed by atoms with E-state index < -0.39 is 11.8 Å². The Balaban J connectivity index is 1.84. The van der Waals surface area contributed by atoms with Crippen molar-refractivity contribution in [3.63, 3.8) is 0 Å². The highest BCUT2D eigenvalue weighted by Crippen LogP contribution is 2.15. The van der Waals surface area contributed by atoms with Crippen LogP contribution in [0.5, 0.6) is 5.75 Å². The molecule has 2 aromatic rings. The fourth-order valence-electron chi connectivity index (χ4n) is 2.67. The van der Waals surface area contributed by atoms with E-state index in [2.05, 4.69) is 21.2 Å². The number of nitrogens with zero attached hydrogens (tertiary/aromatic N) is 1. The molecule has 31 heavy (non-hydrogen) atoms. The van der Waals surface area contributed by atoms with E-state index in [0.29, 0.717) is 17.9 Å². The smallest absolute Gasteiger partial charge is 0.329 e. The van der Waals surface area contributed by atoms with Gasteiger partial charge in [-0.2, -0.15) is 5.10 Å². The van der Waals surface area contributed by atoms with Gasteiger partial charge in [0.1, 0.15) is 5.75 Å². The van der Waals surface area contributed by atoms with Gasteiger partial charge in [0, 0.05) is 12.2 Å². The summed E-state index contributed by atoms with van der Waals surface area (Å²) in [5.41, 5.74) is 5.66. The third kappa shape index (κ3) is 8.69. The second kappa shape index (κ2) is 11.5. The SMILES string of the molecule is Cc1cc(C)cc(NC(=O)COc2cccc(/C=N\NC(=O)C(=O)NCC(C)C)c2)c1. The van der Waals surface area contributed by atoms with Gasteiger partial charge in [-0.15, -0.1) is 0 Å². The molecule has 0 radical (unpaired) electrons. The van der Waals surface area contributed by atoms with Crippen molar-refractivity contribution in [1.29, 1.82) is 0 Å². The van der Waals surface area contributed by atoms with E-state index in [1.54, 1.807) is 24.3 Å². The summed E-state index contributed by atoms with van der Waals surface area (Å²) in [6.45, 7) is 8.04. The van der Waals surface area contributed by atoms with Crippen LogP contribution >= 0.6 is 0 Å². The highest BCUT2D eigenvalue weighted by Gasteiger charge is 2.12. The first-order valence-corrected chi connectivity index (χ1v) is 9.95. The van der Waals surface area contributed by atoms with Gasteiger partial charge >= 0.3 is 11.8 Å². The monoisotopic (exact) mass is 424 g/mol. The Morgan fingerprint density at radius 3 is 2.42 bits per heavy atom. The molecule has 0 saturated carbocycles. The fraction of sp³-hybridized carbons (Fsp3) is 0.304. The lowest BCUT2D eigenvalue weighted by Crippen LogP contribution is -2.39. The van der Waals surface area contributed by atoms with Crippen LogP contribution in [0.1, 0.15) is 30.5 Å². The number of amides is 3. The summed E-state index contributed by atoms with van der Waals surface area (Å²) in [6, 6.07) is 12.7. The molecule has 8 heteroatoms. The minimum Gasteiger partial charge on any atom is -0.484 e. The third-order valence-corrected chi connectivity index (χ3v) is 3.99. The molecule has 0 aliphatic carbocycles. The van der Waals surface area contributed by atoms with Crippen LogP contribution < -0.4 is 20.8 Å². The molecule has 0 aromatic heterocycles. The van der Waals surface area contributed by atoms with Crippen LogP contribution in [0.4, 0.5) is 5.69 Å². The van der Waals surface area contributed by atoms with E-state index in [4.69, 9.17) is 4.74 Å². The molecule has 0 spiro atoms. The standard InChI is InChI=1S/C23H28N4O4/c1-15(2)12-24-22(29)23(30)27-25-13-18-6-5-7-20(11-18)31-14-21(28)26-19-9-16(3)8-17(4)10-19/h5-11,13,15H,12,14H2,1-4H3,(H,24,29)(H,26,28)(H,27,30)/b25-13-. The Labute approximate surface area is 182 Å². The van der Waals surface area contributed by atoms with Crippen LogP contribution in [0.2, 0.25) is 0 Å². The van der Waals surface area contributed by atoms with Gasteiger partial charge in [-0.1, -0.05) is 32.0 Å². The minimum absolute atomic E-state index is 0.152. The molecule has 3 N–H and O–H groups in total. The first kappa shape index (κ1) is 23.6. The van der Waals surface area contributed by atoms with Crippen LogP contribution in [0.15, 0.2) is 47.6 Å². The molecule has 3 amide bonds. The highest BCUT2D eigenvalue weighted by molar-refractivity contribution is 6.35. The van der Waals surface area contributed by atoms with Crippen LogP contribution in [0, 0.1) is 19.8 Å². The molecule has 8 nitrogen and oxygen atoms in total. The molecule has 2 aromatic carbocycles. The van der Waals surface area contributed by atoms with Gasteiger partial charge in [-0.3, -0.25) is 14.4 Å². The van der Waals surface area contributed by atoms with E-state index in [9.17, 15) is 14.4 Å². The molecular formula is C23H28N4O4. The zero-order chi connectivity index (χ0) is 22.8. The van der Waals surface area contributed by atoms with Crippen molar-refractivity contribution in [2.75, 3.05) is 18.5 Å². The molecule has 0 bridgehead atoms. The molecular weight excluding hydrogens is 396 g/mol. The third-order valence-electron chi connectivity index (χ3n) is 3.99. The Hall–Kier alpha value is -3.68. The number of nitrogens with one attached hydrogen (secondary N) is 3. The van der Waals surface area contributed by atoms with Crippen molar-refractivity contribution in [2.45, 2.75) is 27.7 Å². The summed E-state index contributed by atoms with van der Waals surface area (Å²) >= 11 is 0. The van der Waals surface area contributed by atoms with E-state index in [0.717, 1.165) is 16.8 Å². The van der Waals surface area contributed by atoms with E-state index in [1.807, 2.05) is 45.9 Å². The molecule has 0 fully saturated rings. The van der Waals surface area contributed by atoms with Crippen molar-refractivity contribution in [3.05, 3.63) is 59.2 Å². The predicted molar refractivity (Wildman–Crippen MR) is 120 cm³/mol. The lowest BCUT2D eigenvalue weighted by atomic mass is 10.1. The van der Waals surface area contributed by atoms with E-state index in [-0.39, 0.29) is 18.4 Å². The highest BCUT2D eigenvalue weighted by atomic mass is 16.5. The van der Waals surface area contributed by atoms with Gasteiger partial charge in [-0.05, 0) is 60.7 Å². The minimum atomic E-state index is -0.840. The summed E-state index contributed by atoms with van der Waals surface area (Å²) in [6.07, 6.45) is 1.38. The largest absolute Gasteiger partial charge is 0.484 e. The Bertz CT molecular complexity index is 950.